The van der Waals surface area contributed by atoms with Crippen molar-refractivity contribution in [1.82, 2.24) is 14.8 Å². The highest BCUT2D eigenvalue weighted by molar-refractivity contribution is 5.94. The van der Waals surface area contributed by atoms with Gasteiger partial charge >= 0.3 is 0 Å². The Hall–Kier alpha value is -2.27. The van der Waals surface area contributed by atoms with Gasteiger partial charge in [-0.05, 0) is 49.2 Å². The van der Waals surface area contributed by atoms with Crippen LogP contribution in [0.5, 0.6) is 0 Å². The molecular formula is C19H22FN3O. The second kappa shape index (κ2) is 7.09. The monoisotopic (exact) mass is 327 g/mol. The van der Waals surface area contributed by atoms with Gasteiger partial charge in [0.25, 0.3) is 5.91 Å². The molecule has 0 aliphatic carbocycles. The standard InChI is InChI=1S/C19H22FN3O/c1-14-12-16(5-6-18(14)20)19(24)23-10-8-22(9-11-23)15(2)17-4-3-7-21-13-17/h3-7,12-13,15H,8-11H2,1-2H3. The normalized spacial score (nSPS) is 16.9. The third-order valence-electron chi connectivity index (χ3n) is 4.72. The minimum Gasteiger partial charge on any atom is -0.336 e. The van der Waals surface area contributed by atoms with E-state index in [1.54, 1.807) is 25.3 Å². The van der Waals surface area contributed by atoms with Gasteiger partial charge in [-0.1, -0.05) is 6.07 Å². The summed E-state index contributed by atoms with van der Waals surface area (Å²) in [6.45, 7) is 6.85. The van der Waals surface area contributed by atoms with Gasteiger partial charge in [0.2, 0.25) is 0 Å². The van der Waals surface area contributed by atoms with Crippen LogP contribution in [0.3, 0.4) is 0 Å². The Balaban J connectivity index is 1.62. The molecule has 3 rings (SSSR count). The van der Waals surface area contributed by atoms with E-state index in [1.807, 2.05) is 17.2 Å². The van der Waals surface area contributed by atoms with Crippen molar-refractivity contribution in [3.05, 3.63) is 65.2 Å². The van der Waals surface area contributed by atoms with Crippen molar-refractivity contribution >= 4 is 5.91 Å². The van der Waals surface area contributed by atoms with E-state index in [0.29, 0.717) is 24.2 Å². The summed E-state index contributed by atoms with van der Waals surface area (Å²) in [6, 6.07) is 8.86. The minimum absolute atomic E-state index is 0.0215. The zero-order valence-electron chi connectivity index (χ0n) is 14.1. The van der Waals surface area contributed by atoms with Crippen molar-refractivity contribution in [3.8, 4) is 0 Å². The number of halogens is 1. The highest BCUT2D eigenvalue weighted by atomic mass is 19.1. The van der Waals surface area contributed by atoms with Gasteiger partial charge in [0, 0.05) is 50.2 Å². The summed E-state index contributed by atoms with van der Waals surface area (Å²) in [5.74, 6) is -0.298. The average Bonchev–Trinajstić information content (AvgIpc) is 2.63. The number of hydrogen-bond acceptors (Lipinski definition) is 3. The largest absolute Gasteiger partial charge is 0.336 e. The Kier molecular flexibility index (Phi) is 4.90. The number of pyridine rings is 1. The van der Waals surface area contributed by atoms with Crippen molar-refractivity contribution in [3.63, 3.8) is 0 Å². The lowest BCUT2D eigenvalue weighted by Crippen LogP contribution is -2.49. The van der Waals surface area contributed by atoms with Crippen LogP contribution in [-0.2, 0) is 0 Å². The van der Waals surface area contributed by atoms with Crippen molar-refractivity contribution in [2.45, 2.75) is 19.9 Å². The SMILES string of the molecule is Cc1cc(C(=O)N2CCN(C(C)c3cccnc3)CC2)ccc1F. The molecule has 1 aromatic carbocycles. The van der Waals surface area contributed by atoms with Crippen molar-refractivity contribution in [2.24, 2.45) is 0 Å². The van der Waals surface area contributed by atoms with E-state index in [2.05, 4.69) is 22.9 Å². The third-order valence-corrected chi connectivity index (χ3v) is 4.72. The van der Waals surface area contributed by atoms with E-state index in [-0.39, 0.29) is 17.8 Å². The molecule has 4 nitrogen and oxygen atoms in total. The molecule has 2 aromatic rings. The van der Waals surface area contributed by atoms with Crippen molar-refractivity contribution < 1.29 is 9.18 Å². The van der Waals surface area contributed by atoms with Crippen LogP contribution >= 0.6 is 0 Å². The van der Waals surface area contributed by atoms with Gasteiger partial charge < -0.3 is 4.90 Å². The number of nitrogens with zero attached hydrogens (tertiary/aromatic N) is 3. The molecule has 0 spiro atoms. The maximum atomic E-state index is 13.4. The van der Waals surface area contributed by atoms with Gasteiger partial charge in [0.05, 0.1) is 0 Å². The quantitative estimate of drug-likeness (QED) is 0.869. The molecule has 0 N–H and O–H groups in total. The summed E-state index contributed by atoms with van der Waals surface area (Å²) < 4.78 is 13.4. The summed E-state index contributed by atoms with van der Waals surface area (Å²) in [4.78, 5) is 21.0. The molecule has 1 fully saturated rings. The fraction of sp³-hybridized carbons (Fsp3) is 0.368. The number of aromatic nitrogens is 1. The van der Waals surface area contributed by atoms with Crippen molar-refractivity contribution in [2.75, 3.05) is 26.2 Å². The van der Waals surface area contributed by atoms with Gasteiger partial charge in [-0.15, -0.1) is 0 Å². The maximum absolute atomic E-state index is 13.4. The fourth-order valence-corrected chi connectivity index (χ4v) is 3.11. The lowest BCUT2D eigenvalue weighted by molar-refractivity contribution is 0.0581. The Bertz CT molecular complexity index is 712. The molecule has 0 radical (unpaired) electrons. The highest BCUT2D eigenvalue weighted by Crippen LogP contribution is 2.21. The lowest BCUT2D eigenvalue weighted by atomic mass is 10.1. The van der Waals surface area contributed by atoms with Crippen LogP contribution in [0.15, 0.2) is 42.7 Å². The number of carbonyl (C=O) groups excluding carboxylic acids is 1. The molecule has 1 amide bonds. The number of carbonyl (C=O) groups is 1. The smallest absolute Gasteiger partial charge is 0.253 e. The Morgan fingerprint density at radius 1 is 1.21 bits per heavy atom. The molecule has 1 aromatic heterocycles. The van der Waals surface area contributed by atoms with Crippen LogP contribution < -0.4 is 0 Å². The Morgan fingerprint density at radius 3 is 2.58 bits per heavy atom. The van der Waals surface area contributed by atoms with Crippen LogP contribution in [0.2, 0.25) is 0 Å². The summed E-state index contributed by atoms with van der Waals surface area (Å²) in [6.07, 6.45) is 3.67. The first-order valence-corrected chi connectivity index (χ1v) is 8.25. The van der Waals surface area contributed by atoms with Crippen LogP contribution in [0.4, 0.5) is 4.39 Å². The second-order valence-electron chi connectivity index (χ2n) is 6.25. The first-order chi connectivity index (χ1) is 11.6. The number of benzene rings is 1. The third kappa shape index (κ3) is 3.46. The van der Waals surface area contributed by atoms with E-state index in [0.717, 1.165) is 13.1 Å². The van der Waals surface area contributed by atoms with E-state index in [4.69, 9.17) is 0 Å². The van der Waals surface area contributed by atoms with Crippen molar-refractivity contribution in [1.29, 1.82) is 0 Å². The molecular weight excluding hydrogens is 305 g/mol. The lowest BCUT2D eigenvalue weighted by Gasteiger charge is -2.38. The fourth-order valence-electron chi connectivity index (χ4n) is 3.11. The number of rotatable bonds is 3. The predicted octanol–water partition coefficient (Wildman–Crippen LogP) is 3.05. The van der Waals surface area contributed by atoms with Crippen LogP contribution in [0.25, 0.3) is 0 Å². The number of aryl methyl sites for hydroxylation is 1. The second-order valence-corrected chi connectivity index (χ2v) is 6.25. The Labute approximate surface area is 141 Å². The topological polar surface area (TPSA) is 36.4 Å². The summed E-state index contributed by atoms with van der Waals surface area (Å²) in [7, 11) is 0. The zero-order chi connectivity index (χ0) is 17.1. The molecule has 2 heterocycles. The van der Waals surface area contributed by atoms with Gasteiger partial charge in [-0.2, -0.15) is 0 Å². The molecule has 1 aliphatic rings. The molecule has 0 saturated carbocycles. The van der Waals surface area contributed by atoms with Gasteiger partial charge in [-0.25, -0.2) is 4.39 Å². The minimum atomic E-state index is -0.276. The highest BCUT2D eigenvalue weighted by Gasteiger charge is 2.25. The number of hydrogen-bond donors (Lipinski definition) is 0. The molecule has 126 valence electrons. The van der Waals surface area contributed by atoms with E-state index in [1.165, 1.54) is 11.6 Å². The van der Waals surface area contributed by atoms with E-state index in [9.17, 15) is 9.18 Å². The predicted molar refractivity (Wildman–Crippen MR) is 91.3 cm³/mol. The molecule has 1 unspecified atom stereocenters. The Morgan fingerprint density at radius 2 is 1.96 bits per heavy atom. The maximum Gasteiger partial charge on any atom is 0.253 e. The van der Waals surface area contributed by atoms with Gasteiger partial charge in [0.15, 0.2) is 0 Å². The molecule has 0 bridgehead atoms. The summed E-state index contributed by atoms with van der Waals surface area (Å²) >= 11 is 0. The van der Waals surface area contributed by atoms with E-state index >= 15 is 0 Å². The summed E-state index contributed by atoms with van der Waals surface area (Å²) in [5, 5.41) is 0. The zero-order valence-corrected chi connectivity index (χ0v) is 14.1. The first-order valence-electron chi connectivity index (χ1n) is 8.25. The van der Waals surface area contributed by atoms with Crippen LogP contribution in [0, 0.1) is 12.7 Å². The molecule has 1 atom stereocenters. The average molecular weight is 327 g/mol. The number of piperazine rings is 1. The molecule has 24 heavy (non-hydrogen) atoms. The van der Waals surface area contributed by atoms with Crippen LogP contribution in [0.1, 0.15) is 34.5 Å². The molecule has 1 aliphatic heterocycles. The van der Waals surface area contributed by atoms with Gasteiger partial charge in [-0.3, -0.25) is 14.7 Å². The van der Waals surface area contributed by atoms with E-state index < -0.39 is 0 Å². The first kappa shape index (κ1) is 16.6. The number of amides is 1. The summed E-state index contributed by atoms with van der Waals surface area (Å²) in [5.41, 5.74) is 2.25. The van der Waals surface area contributed by atoms with Gasteiger partial charge in [0.1, 0.15) is 5.82 Å². The molecule has 5 heteroatoms. The molecule has 1 saturated heterocycles. The van der Waals surface area contributed by atoms with Crippen LogP contribution in [-0.4, -0.2) is 46.9 Å².